The van der Waals surface area contributed by atoms with Gasteiger partial charge in [0.25, 0.3) is 0 Å². The van der Waals surface area contributed by atoms with Gasteiger partial charge in [0.2, 0.25) is 0 Å². The molecular weight excluding hydrogens is 787 g/mol. The van der Waals surface area contributed by atoms with Gasteiger partial charge in [-0.1, -0.05) is 168 Å². The van der Waals surface area contributed by atoms with E-state index in [1.165, 1.54) is 111 Å². The van der Waals surface area contributed by atoms with Crippen LogP contribution in [0, 0.1) is 0 Å². The molecule has 0 amide bonds. The van der Waals surface area contributed by atoms with Crippen molar-refractivity contribution in [2.24, 2.45) is 0 Å². The number of rotatable bonds is 3. The SMILES string of the molecule is CC(C)(C)c1ccc2c(c1)c1c3c(oc4ccccc43)c3c4c1n2-c1cc2c(cc1B4N(c1cccc(-c4ccccc4)c1)c1ccc(-c4ccccc4)cc1-3)-c1ccccc1C2(C)C. The van der Waals surface area contributed by atoms with Gasteiger partial charge in [-0.15, -0.1) is 0 Å². The molecule has 4 heterocycles. The second-order valence-corrected chi connectivity index (χ2v) is 20.0. The normalized spacial score (nSPS) is 14.3. The van der Waals surface area contributed by atoms with Crippen molar-refractivity contribution < 1.29 is 4.42 Å². The zero-order valence-electron chi connectivity index (χ0n) is 37.2. The van der Waals surface area contributed by atoms with Crippen molar-refractivity contribution in [1.82, 2.24) is 4.57 Å². The molecule has 0 bridgehead atoms. The molecule has 11 aromatic rings. The summed E-state index contributed by atoms with van der Waals surface area (Å²) in [5, 5.41) is 4.88. The maximum absolute atomic E-state index is 7.32. The minimum atomic E-state index is -0.179. The van der Waals surface area contributed by atoms with Crippen molar-refractivity contribution in [3.63, 3.8) is 0 Å². The summed E-state index contributed by atoms with van der Waals surface area (Å²) < 4.78 is 9.96. The average molecular weight is 833 g/mol. The Bertz CT molecular complexity index is 3850. The van der Waals surface area contributed by atoms with Gasteiger partial charge >= 0.3 is 6.85 Å². The Morgan fingerprint density at radius 1 is 0.523 bits per heavy atom. The van der Waals surface area contributed by atoms with Crippen LogP contribution >= 0.6 is 0 Å². The molecule has 0 saturated carbocycles. The van der Waals surface area contributed by atoms with Crippen molar-refractivity contribution in [3.05, 3.63) is 199 Å². The molecule has 0 fully saturated rings. The van der Waals surface area contributed by atoms with Gasteiger partial charge in [-0.3, -0.25) is 0 Å². The third-order valence-corrected chi connectivity index (χ3v) is 15.1. The smallest absolute Gasteiger partial charge is 0.333 e. The summed E-state index contributed by atoms with van der Waals surface area (Å²) in [5.41, 5.74) is 24.2. The quantitative estimate of drug-likeness (QED) is 0.165. The molecule has 0 saturated heterocycles. The van der Waals surface area contributed by atoms with Gasteiger partial charge in [-0.05, 0) is 115 Å². The number of nitrogens with zero attached hydrogens (tertiary/aromatic N) is 2. The Balaban J connectivity index is 1.21. The van der Waals surface area contributed by atoms with Crippen LogP contribution < -0.4 is 15.7 Å². The van der Waals surface area contributed by atoms with E-state index in [1.54, 1.807) is 0 Å². The van der Waals surface area contributed by atoms with Crippen molar-refractivity contribution in [2.45, 2.75) is 45.4 Å². The summed E-state index contributed by atoms with van der Waals surface area (Å²) in [6.07, 6.45) is 0. The Kier molecular flexibility index (Phi) is 7.26. The van der Waals surface area contributed by atoms with E-state index in [2.05, 4.69) is 226 Å². The van der Waals surface area contributed by atoms with Gasteiger partial charge in [0, 0.05) is 55.1 Å². The molecule has 65 heavy (non-hydrogen) atoms. The molecule has 1 aliphatic carbocycles. The fourth-order valence-electron chi connectivity index (χ4n) is 12.0. The lowest BCUT2D eigenvalue weighted by molar-refractivity contribution is 0.591. The monoisotopic (exact) mass is 832 g/mol. The largest absolute Gasteiger partial charge is 0.455 e. The highest BCUT2D eigenvalue weighted by atomic mass is 16.3. The summed E-state index contributed by atoms with van der Waals surface area (Å²) in [4.78, 5) is 2.66. The van der Waals surface area contributed by atoms with Gasteiger partial charge in [0.1, 0.15) is 11.2 Å². The van der Waals surface area contributed by atoms with Crippen LogP contribution in [-0.4, -0.2) is 11.4 Å². The predicted molar refractivity (Wildman–Crippen MR) is 274 cm³/mol. The minimum Gasteiger partial charge on any atom is -0.455 e. The first-order chi connectivity index (χ1) is 31.6. The zero-order chi connectivity index (χ0) is 43.5. The molecule has 0 radical (unpaired) electrons. The lowest BCUT2D eigenvalue weighted by Gasteiger charge is -2.42. The lowest BCUT2D eigenvalue weighted by Crippen LogP contribution is -2.60. The summed E-state index contributed by atoms with van der Waals surface area (Å²) in [7, 11) is 0. The van der Waals surface area contributed by atoms with E-state index in [0.29, 0.717) is 0 Å². The molecule has 4 heteroatoms. The number of fused-ring (bicyclic) bond motifs is 16. The van der Waals surface area contributed by atoms with Crippen molar-refractivity contribution in [1.29, 1.82) is 0 Å². The molecule has 2 aromatic heterocycles. The first-order valence-corrected chi connectivity index (χ1v) is 23.0. The van der Waals surface area contributed by atoms with Gasteiger partial charge in [0.05, 0.1) is 11.0 Å². The molecule has 0 atom stereocenters. The number of furan rings is 1. The second kappa shape index (κ2) is 12.8. The molecule has 0 N–H and O–H groups in total. The maximum atomic E-state index is 7.32. The number of benzene rings is 9. The van der Waals surface area contributed by atoms with Crippen LogP contribution in [0.15, 0.2) is 186 Å². The van der Waals surface area contributed by atoms with Crippen LogP contribution in [0.2, 0.25) is 0 Å². The lowest BCUT2D eigenvalue weighted by atomic mass is 9.43. The van der Waals surface area contributed by atoms with E-state index >= 15 is 0 Å². The van der Waals surface area contributed by atoms with Crippen molar-refractivity contribution in [3.8, 4) is 50.2 Å². The number of hydrogen-bond acceptors (Lipinski definition) is 2. The number of anilines is 2. The molecule has 3 aliphatic rings. The van der Waals surface area contributed by atoms with Crippen LogP contribution in [-0.2, 0) is 10.8 Å². The molecule has 2 aliphatic heterocycles. The summed E-state index contributed by atoms with van der Waals surface area (Å²) in [6, 6.07) is 68.1. The number of aromatic nitrogens is 1. The van der Waals surface area contributed by atoms with Crippen LogP contribution in [0.25, 0.3) is 93.9 Å². The van der Waals surface area contributed by atoms with Crippen LogP contribution in [0.3, 0.4) is 0 Å². The maximum Gasteiger partial charge on any atom is 0.333 e. The molecule has 0 spiro atoms. The standard InChI is InChI=1S/C61H45BN2O/c1-60(2,3)40-28-30-50-46(33-40)54-55-43-24-13-15-26-53(43)65-59(55)56-45-32-39(37-19-10-7-11-20-37)27-29-51(45)64(41-22-16-21-38(31-41)36-17-8-6-9-18-36)62-49-34-44-42-23-12-14-25-47(42)61(4,5)48(44)35-52(49)63(50)58(54)57(56)62/h6-35H,1-5H3. The molecule has 9 aromatic carbocycles. The van der Waals surface area contributed by atoms with E-state index in [9.17, 15) is 0 Å². The Hall–Kier alpha value is -7.56. The first kappa shape index (κ1) is 36.9. The van der Waals surface area contributed by atoms with E-state index < -0.39 is 0 Å². The van der Waals surface area contributed by atoms with Crippen LogP contribution in [0.4, 0.5) is 11.4 Å². The molecule has 0 unspecified atom stereocenters. The highest BCUT2D eigenvalue weighted by molar-refractivity contribution is 6.94. The van der Waals surface area contributed by atoms with Crippen molar-refractivity contribution >= 4 is 72.9 Å². The Labute approximate surface area is 379 Å². The summed E-state index contributed by atoms with van der Waals surface area (Å²) in [5.74, 6) is 0. The van der Waals surface area contributed by atoms with Crippen LogP contribution in [0.1, 0.15) is 51.3 Å². The first-order valence-electron chi connectivity index (χ1n) is 23.0. The molecule has 3 nitrogen and oxygen atoms in total. The van der Waals surface area contributed by atoms with Crippen molar-refractivity contribution in [2.75, 3.05) is 4.81 Å². The third-order valence-electron chi connectivity index (χ3n) is 15.1. The number of hydrogen-bond donors (Lipinski definition) is 0. The minimum absolute atomic E-state index is 0.0427. The third kappa shape index (κ3) is 4.92. The molecule has 308 valence electrons. The second-order valence-electron chi connectivity index (χ2n) is 20.0. The fraction of sp³-hybridized carbons (Fsp3) is 0.115. The van der Waals surface area contributed by atoms with Gasteiger partial charge in [0.15, 0.2) is 0 Å². The Morgan fingerprint density at radius 2 is 1.23 bits per heavy atom. The summed E-state index contributed by atoms with van der Waals surface area (Å²) in [6.45, 7) is 11.6. The highest BCUT2D eigenvalue weighted by Crippen LogP contribution is 2.54. The number of para-hydroxylation sites is 1. The van der Waals surface area contributed by atoms with E-state index in [4.69, 9.17) is 4.42 Å². The zero-order valence-corrected chi connectivity index (χ0v) is 37.2. The highest BCUT2D eigenvalue weighted by Gasteiger charge is 2.48. The van der Waals surface area contributed by atoms with Gasteiger partial charge in [-0.2, -0.15) is 0 Å². The fourth-order valence-corrected chi connectivity index (χ4v) is 12.0. The van der Waals surface area contributed by atoms with Crippen LogP contribution in [0.5, 0.6) is 0 Å². The van der Waals surface area contributed by atoms with Gasteiger partial charge in [-0.25, -0.2) is 0 Å². The molecule has 14 rings (SSSR count). The predicted octanol–water partition coefficient (Wildman–Crippen LogP) is 14.9. The molecular formula is C61H45BN2O. The van der Waals surface area contributed by atoms with E-state index in [1.807, 2.05) is 0 Å². The van der Waals surface area contributed by atoms with Gasteiger partial charge < -0.3 is 13.8 Å². The summed E-state index contributed by atoms with van der Waals surface area (Å²) >= 11 is 0. The topological polar surface area (TPSA) is 21.3 Å². The average Bonchev–Trinajstić information content (AvgIpc) is 3.96. The van der Waals surface area contributed by atoms with E-state index in [-0.39, 0.29) is 17.7 Å². The Morgan fingerprint density at radius 3 is 2.02 bits per heavy atom. The van der Waals surface area contributed by atoms with E-state index in [0.717, 1.165) is 22.2 Å².